The molecule has 0 aromatic heterocycles. The van der Waals surface area contributed by atoms with Gasteiger partial charge in [0.15, 0.2) is 0 Å². The van der Waals surface area contributed by atoms with Crippen molar-refractivity contribution < 1.29 is 9.59 Å². The molecule has 3 nitrogen and oxygen atoms in total. The third-order valence-corrected chi connectivity index (χ3v) is 6.24. The number of carbonyl (C=O) groups is 2. The van der Waals surface area contributed by atoms with Crippen molar-refractivity contribution in [1.29, 1.82) is 0 Å². The van der Waals surface area contributed by atoms with E-state index in [2.05, 4.69) is 22.9 Å². The molecule has 1 aromatic carbocycles. The van der Waals surface area contributed by atoms with Crippen molar-refractivity contribution in [3.8, 4) is 0 Å². The van der Waals surface area contributed by atoms with Gasteiger partial charge in [-0.2, -0.15) is 0 Å². The molecule has 2 fully saturated rings. The first-order valence-electron chi connectivity index (χ1n) is 7.58. The number of carbonyl (C=O) groups excluding carboxylic acids is 2. The van der Waals surface area contributed by atoms with E-state index in [9.17, 15) is 9.59 Å². The van der Waals surface area contributed by atoms with Gasteiger partial charge in [0.25, 0.3) is 0 Å². The lowest BCUT2D eigenvalue weighted by atomic mass is 10.00. The zero-order valence-electron chi connectivity index (χ0n) is 12.6. The number of hydrogen-bond acceptors (Lipinski definition) is 2. The van der Waals surface area contributed by atoms with Crippen LogP contribution in [0, 0.1) is 31.6 Å². The summed E-state index contributed by atoms with van der Waals surface area (Å²) in [4.78, 5) is 26.7. The number of aryl methyl sites for hydroxylation is 2. The van der Waals surface area contributed by atoms with E-state index >= 15 is 0 Å². The van der Waals surface area contributed by atoms with Crippen molar-refractivity contribution >= 4 is 33.4 Å². The Hall–Kier alpha value is -1.16. The van der Waals surface area contributed by atoms with Crippen molar-refractivity contribution in [2.75, 3.05) is 4.90 Å². The highest BCUT2D eigenvalue weighted by Gasteiger charge is 2.52. The summed E-state index contributed by atoms with van der Waals surface area (Å²) in [5, 5.41) is 0. The smallest absolute Gasteiger partial charge is 0.237 e. The highest BCUT2D eigenvalue weighted by molar-refractivity contribution is 9.10. The van der Waals surface area contributed by atoms with Crippen molar-refractivity contribution in [2.24, 2.45) is 17.8 Å². The van der Waals surface area contributed by atoms with Crippen LogP contribution in [0.4, 0.5) is 5.69 Å². The van der Waals surface area contributed by atoms with Gasteiger partial charge in [-0.15, -0.1) is 0 Å². The molecule has 1 aliphatic carbocycles. The van der Waals surface area contributed by atoms with Crippen LogP contribution in [0.15, 0.2) is 16.6 Å². The number of hydrogen-bond donors (Lipinski definition) is 0. The van der Waals surface area contributed by atoms with Crippen LogP contribution in [0.25, 0.3) is 0 Å². The van der Waals surface area contributed by atoms with Crippen LogP contribution in [-0.2, 0) is 9.59 Å². The number of anilines is 1. The second-order valence-corrected chi connectivity index (χ2v) is 7.16. The molecule has 0 spiro atoms. The van der Waals surface area contributed by atoms with E-state index in [1.54, 1.807) is 0 Å². The number of rotatable bonds is 2. The van der Waals surface area contributed by atoms with Gasteiger partial charge in [0.05, 0.1) is 17.5 Å². The van der Waals surface area contributed by atoms with Gasteiger partial charge in [-0.25, -0.2) is 0 Å². The van der Waals surface area contributed by atoms with Crippen molar-refractivity contribution in [3.63, 3.8) is 0 Å². The first-order chi connectivity index (χ1) is 9.93. The fourth-order valence-corrected chi connectivity index (χ4v) is 4.00. The van der Waals surface area contributed by atoms with Crippen LogP contribution in [0.5, 0.6) is 0 Å². The molecule has 1 saturated heterocycles. The third kappa shape index (κ3) is 2.24. The highest BCUT2D eigenvalue weighted by atomic mass is 79.9. The summed E-state index contributed by atoms with van der Waals surface area (Å²) in [6, 6.07) is 3.84. The maximum absolute atomic E-state index is 12.7. The number of imide groups is 1. The summed E-state index contributed by atoms with van der Waals surface area (Å²) in [5.74, 6) is 0.353. The van der Waals surface area contributed by atoms with Gasteiger partial charge in [-0.05, 0) is 55.9 Å². The molecule has 2 aliphatic rings. The Bertz CT molecular complexity index is 578. The lowest BCUT2D eigenvalue weighted by Crippen LogP contribution is -2.32. The summed E-state index contributed by atoms with van der Waals surface area (Å²) in [6.07, 6.45) is 2.80. The molecule has 0 N–H and O–H groups in total. The Balaban J connectivity index is 1.95. The summed E-state index contributed by atoms with van der Waals surface area (Å²) >= 11 is 3.53. The SMILES string of the molecule is CCC1CC2C(=O)N(c3cc(C)c(Br)c(C)c3)C(=O)C2C1. The second-order valence-electron chi connectivity index (χ2n) is 6.36. The summed E-state index contributed by atoms with van der Waals surface area (Å²) in [7, 11) is 0. The van der Waals surface area contributed by atoms with Gasteiger partial charge < -0.3 is 0 Å². The Kier molecular flexibility index (Phi) is 3.68. The Morgan fingerprint density at radius 2 is 1.57 bits per heavy atom. The largest absolute Gasteiger partial charge is 0.274 e. The monoisotopic (exact) mass is 349 g/mol. The van der Waals surface area contributed by atoms with Crippen molar-refractivity contribution in [1.82, 2.24) is 0 Å². The van der Waals surface area contributed by atoms with Gasteiger partial charge >= 0.3 is 0 Å². The fraction of sp³-hybridized carbons (Fsp3) is 0.529. The molecule has 0 bridgehead atoms. The van der Waals surface area contributed by atoms with Crippen LogP contribution >= 0.6 is 15.9 Å². The molecule has 1 aliphatic heterocycles. The number of nitrogens with zero attached hydrogens (tertiary/aromatic N) is 1. The minimum atomic E-state index is -0.0910. The molecular weight excluding hydrogens is 330 g/mol. The zero-order valence-corrected chi connectivity index (χ0v) is 14.2. The van der Waals surface area contributed by atoms with Gasteiger partial charge in [-0.1, -0.05) is 29.3 Å². The molecule has 112 valence electrons. The number of benzene rings is 1. The predicted molar refractivity (Wildman–Crippen MR) is 86.1 cm³/mol. The van der Waals surface area contributed by atoms with Crippen LogP contribution in [-0.4, -0.2) is 11.8 Å². The molecule has 1 saturated carbocycles. The normalized spacial score (nSPS) is 28.4. The molecule has 2 amide bonds. The highest BCUT2D eigenvalue weighted by Crippen LogP contribution is 2.46. The van der Waals surface area contributed by atoms with Crippen LogP contribution in [0.1, 0.15) is 37.3 Å². The van der Waals surface area contributed by atoms with Crippen molar-refractivity contribution in [2.45, 2.75) is 40.0 Å². The van der Waals surface area contributed by atoms with Crippen LogP contribution < -0.4 is 4.90 Å². The summed E-state index contributed by atoms with van der Waals surface area (Å²) in [6.45, 7) is 6.11. The maximum atomic E-state index is 12.7. The van der Waals surface area contributed by atoms with E-state index in [0.29, 0.717) is 5.92 Å². The molecule has 2 atom stereocenters. The Morgan fingerprint density at radius 3 is 2.00 bits per heavy atom. The third-order valence-electron chi connectivity index (χ3n) is 4.99. The second kappa shape index (κ2) is 5.24. The minimum Gasteiger partial charge on any atom is -0.274 e. The first kappa shape index (κ1) is 14.8. The molecule has 21 heavy (non-hydrogen) atoms. The molecule has 0 radical (unpaired) electrons. The van der Waals surface area contributed by atoms with E-state index in [-0.39, 0.29) is 23.7 Å². The number of fused-ring (bicyclic) bond motifs is 1. The van der Waals surface area contributed by atoms with Gasteiger partial charge in [-0.3, -0.25) is 14.5 Å². The Morgan fingerprint density at radius 1 is 1.10 bits per heavy atom. The zero-order chi connectivity index (χ0) is 15.3. The molecular formula is C17H20BrNO2. The first-order valence-corrected chi connectivity index (χ1v) is 8.37. The predicted octanol–water partition coefficient (Wildman–Crippen LogP) is 3.99. The molecule has 3 rings (SSSR count). The Labute approximate surface area is 133 Å². The van der Waals surface area contributed by atoms with Crippen LogP contribution in [0.2, 0.25) is 0 Å². The average molecular weight is 350 g/mol. The maximum Gasteiger partial charge on any atom is 0.237 e. The molecule has 2 unspecified atom stereocenters. The van der Waals surface area contributed by atoms with Crippen LogP contribution in [0.3, 0.4) is 0 Å². The molecule has 1 heterocycles. The molecule has 1 aromatic rings. The van der Waals surface area contributed by atoms with Crippen molar-refractivity contribution in [3.05, 3.63) is 27.7 Å². The topological polar surface area (TPSA) is 37.4 Å². The van der Waals surface area contributed by atoms with E-state index in [1.807, 2.05) is 26.0 Å². The quantitative estimate of drug-likeness (QED) is 0.757. The lowest BCUT2D eigenvalue weighted by molar-refractivity contribution is -0.123. The fourth-order valence-electron chi connectivity index (χ4n) is 3.77. The standard InChI is InChI=1S/C17H20BrNO2/c1-4-11-7-13-14(8-11)17(21)19(16(13)20)12-5-9(2)15(18)10(3)6-12/h5-6,11,13-14H,4,7-8H2,1-3H3. The van der Waals surface area contributed by atoms with E-state index in [4.69, 9.17) is 0 Å². The molecule has 4 heteroatoms. The number of amides is 2. The average Bonchev–Trinajstić information content (AvgIpc) is 2.96. The van der Waals surface area contributed by atoms with E-state index in [1.165, 1.54) is 4.90 Å². The minimum absolute atomic E-state index is 0.00192. The summed E-state index contributed by atoms with van der Waals surface area (Å²) in [5.41, 5.74) is 2.83. The van der Waals surface area contributed by atoms with Gasteiger partial charge in [0.1, 0.15) is 0 Å². The summed E-state index contributed by atoms with van der Waals surface area (Å²) < 4.78 is 1.04. The van der Waals surface area contributed by atoms with Gasteiger partial charge in [0, 0.05) is 4.47 Å². The number of halogens is 1. The van der Waals surface area contributed by atoms with E-state index in [0.717, 1.165) is 40.5 Å². The van der Waals surface area contributed by atoms with Gasteiger partial charge in [0.2, 0.25) is 11.8 Å². The van der Waals surface area contributed by atoms with E-state index < -0.39 is 0 Å². The lowest BCUT2D eigenvalue weighted by Gasteiger charge is -2.19.